The van der Waals surface area contributed by atoms with E-state index in [1.807, 2.05) is 0 Å². The Morgan fingerprint density at radius 2 is 1.28 bits per heavy atom. The van der Waals surface area contributed by atoms with Gasteiger partial charge in [0.25, 0.3) is 0 Å². The average Bonchev–Trinajstić information content (AvgIpc) is 2.49. The van der Waals surface area contributed by atoms with Crippen LogP contribution in [0, 0.1) is 0 Å². The van der Waals surface area contributed by atoms with Crippen molar-refractivity contribution >= 4 is 17.8 Å². The number of nitrogens with one attached hydrogen (secondary N) is 1. The van der Waals surface area contributed by atoms with Gasteiger partial charge in [-0.2, -0.15) is 0 Å². The molecule has 134 valence electrons. The molecule has 0 aliphatic rings. The molecule has 0 saturated carbocycles. The number of carboxylic acids is 2. The van der Waals surface area contributed by atoms with Crippen molar-refractivity contribution < 1.29 is 83.7 Å². The topological polar surface area (TPSA) is 109 Å². The van der Waals surface area contributed by atoms with Gasteiger partial charge in [0.05, 0.1) is 12.0 Å². The first-order valence-corrected chi connectivity index (χ1v) is 8.67. The molecule has 0 aliphatic heterocycles. The maximum absolute atomic E-state index is 11.6. The minimum Gasteiger partial charge on any atom is -0.550 e. The van der Waals surface area contributed by atoms with Crippen LogP contribution < -0.4 is 74.6 Å². The third-order valence-corrected chi connectivity index (χ3v) is 3.76. The SMILES string of the molecule is CCCCCCCCCCCC(=O)NC(CCC(=O)[O-])C(=O)[O-].[Na+].[Na+]. The van der Waals surface area contributed by atoms with Gasteiger partial charge in [0, 0.05) is 12.4 Å². The number of carbonyl (C=O) groups excluding carboxylic acids is 3. The van der Waals surface area contributed by atoms with Crippen molar-refractivity contribution in [3.63, 3.8) is 0 Å². The van der Waals surface area contributed by atoms with E-state index in [1.165, 1.54) is 38.5 Å². The summed E-state index contributed by atoms with van der Waals surface area (Å²) in [6.45, 7) is 2.19. The summed E-state index contributed by atoms with van der Waals surface area (Å²) in [6.07, 6.45) is 9.82. The van der Waals surface area contributed by atoms with Crippen LogP contribution in [-0.2, 0) is 14.4 Å². The van der Waals surface area contributed by atoms with Crippen molar-refractivity contribution in [1.82, 2.24) is 5.32 Å². The van der Waals surface area contributed by atoms with Crippen molar-refractivity contribution in [3.8, 4) is 0 Å². The molecule has 0 aromatic heterocycles. The Kier molecular flexibility index (Phi) is 25.0. The number of rotatable bonds is 15. The first-order valence-electron chi connectivity index (χ1n) is 8.67. The minimum absolute atomic E-state index is 0. The Balaban J connectivity index is -0.00000242. The molecule has 0 heterocycles. The van der Waals surface area contributed by atoms with Crippen LogP contribution in [0.4, 0.5) is 0 Å². The van der Waals surface area contributed by atoms with E-state index in [0.29, 0.717) is 6.42 Å². The van der Waals surface area contributed by atoms with Crippen LogP contribution in [0.3, 0.4) is 0 Å². The summed E-state index contributed by atoms with van der Waals surface area (Å²) in [7, 11) is 0. The fraction of sp³-hybridized carbons (Fsp3) is 0.824. The summed E-state index contributed by atoms with van der Waals surface area (Å²) < 4.78 is 0. The second-order valence-electron chi connectivity index (χ2n) is 5.93. The second-order valence-corrected chi connectivity index (χ2v) is 5.93. The molecule has 1 unspecified atom stereocenters. The van der Waals surface area contributed by atoms with Gasteiger partial charge in [-0.15, -0.1) is 0 Å². The van der Waals surface area contributed by atoms with Gasteiger partial charge in [0.2, 0.25) is 5.91 Å². The predicted molar refractivity (Wildman–Crippen MR) is 83.0 cm³/mol. The number of carbonyl (C=O) groups is 3. The maximum Gasteiger partial charge on any atom is 1.00 e. The zero-order chi connectivity index (χ0) is 17.5. The number of aliphatic carboxylic acids is 2. The van der Waals surface area contributed by atoms with Crippen LogP contribution in [0.25, 0.3) is 0 Å². The standard InChI is InChI=1S/C17H31NO5.2Na/c1-2-3-4-5-6-7-8-9-10-11-15(19)18-14(17(22)23)12-13-16(20)21;;/h14H,2-13H2,1H3,(H,18,19)(H,20,21)(H,22,23);;/q;2*+1/p-2. The van der Waals surface area contributed by atoms with Gasteiger partial charge in [0.1, 0.15) is 0 Å². The van der Waals surface area contributed by atoms with E-state index >= 15 is 0 Å². The van der Waals surface area contributed by atoms with Gasteiger partial charge >= 0.3 is 59.1 Å². The number of hydrogen-bond acceptors (Lipinski definition) is 5. The van der Waals surface area contributed by atoms with Gasteiger partial charge in [-0.1, -0.05) is 58.3 Å². The third kappa shape index (κ3) is 20.6. The van der Waals surface area contributed by atoms with Crippen molar-refractivity contribution in [2.75, 3.05) is 0 Å². The molecule has 0 aromatic carbocycles. The van der Waals surface area contributed by atoms with E-state index in [2.05, 4.69) is 12.2 Å². The summed E-state index contributed by atoms with van der Waals surface area (Å²) in [5.41, 5.74) is 0. The number of hydrogen-bond donors (Lipinski definition) is 1. The van der Waals surface area contributed by atoms with Crippen LogP contribution in [0.2, 0.25) is 0 Å². The Morgan fingerprint density at radius 1 is 0.800 bits per heavy atom. The van der Waals surface area contributed by atoms with Crippen LogP contribution in [0.5, 0.6) is 0 Å². The van der Waals surface area contributed by atoms with Crippen LogP contribution in [-0.4, -0.2) is 23.9 Å². The Hall–Kier alpha value is 0.410. The van der Waals surface area contributed by atoms with E-state index in [4.69, 9.17) is 0 Å². The molecule has 0 spiro atoms. The quantitative estimate of drug-likeness (QED) is 0.228. The second kappa shape index (κ2) is 20.7. The normalized spacial score (nSPS) is 10.9. The fourth-order valence-electron chi connectivity index (χ4n) is 2.37. The van der Waals surface area contributed by atoms with Gasteiger partial charge in [-0.3, -0.25) is 4.79 Å². The third-order valence-electron chi connectivity index (χ3n) is 3.76. The van der Waals surface area contributed by atoms with Gasteiger partial charge in [0.15, 0.2) is 0 Å². The van der Waals surface area contributed by atoms with Gasteiger partial charge < -0.3 is 25.1 Å². The minimum atomic E-state index is -1.47. The first-order chi connectivity index (χ1) is 11.0. The van der Waals surface area contributed by atoms with E-state index in [-0.39, 0.29) is 77.9 Å². The van der Waals surface area contributed by atoms with Crippen LogP contribution in [0.15, 0.2) is 0 Å². The maximum atomic E-state index is 11.6. The molecule has 0 bridgehead atoms. The van der Waals surface area contributed by atoms with E-state index in [9.17, 15) is 24.6 Å². The zero-order valence-corrected chi connectivity index (χ0v) is 20.1. The molecule has 1 amide bonds. The summed E-state index contributed by atoms with van der Waals surface area (Å²) in [5.74, 6) is -3.18. The molecule has 1 N–H and O–H groups in total. The van der Waals surface area contributed by atoms with E-state index in [1.54, 1.807) is 0 Å². The molecular weight excluding hydrogens is 344 g/mol. The van der Waals surface area contributed by atoms with Gasteiger partial charge in [-0.25, -0.2) is 0 Å². The first kappa shape index (κ1) is 30.1. The Morgan fingerprint density at radius 3 is 1.72 bits per heavy atom. The van der Waals surface area contributed by atoms with Crippen LogP contribution >= 0.6 is 0 Å². The largest absolute Gasteiger partial charge is 1.00 e. The molecule has 6 nitrogen and oxygen atoms in total. The molecule has 0 aliphatic carbocycles. The van der Waals surface area contributed by atoms with Crippen LogP contribution in [0.1, 0.15) is 84.0 Å². The molecule has 0 aromatic rings. The van der Waals surface area contributed by atoms with Crippen molar-refractivity contribution in [3.05, 3.63) is 0 Å². The molecule has 8 heteroatoms. The Bertz CT molecular complexity index is 367. The number of unbranched alkanes of at least 4 members (excludes halogenated alkanes) is 8. The van der Waals surface area contributed by atoms with Crippen molar-refractivity contribution in [2.45, 2.75) is 90.0 Å². The summed E-state index contributed by atoms with van der Waals surface area (Å²) in [4.78, 5) is 32.8. The van der Waals surface area contributed by atoms with E-state index < -0.39 is 24.4 Å². The molecule has 0 saturated heterocycles. The average molecular weight is 373 g/mol. The molecule has 0 rings (SSSR count). The van der Waals surface area contributed by atoms with Gasteiger partial charge in [-0.05, 0) is 19.3 Å². The van der Waals surface area contributed by atoms with Crippen molar-refractivity contribution in [2.24, 2.45) is 0 Å². The zero-order valence-electron chi connectivity index (χ0n) is 16.1. The molecule has 0 fully saturated rings. The monoisotopic (exact) mass is 373 g/mol. The molecule has 1 atom stereocenters. The predicted octanol–water partition coefficient (Wildman–Crippen LogP) is -5.32. The summed E-state index contributed by atoms with van der Waals surface area (Å²) >= 11 is 0. The number of amides is 1. The summed E-state index contributed by atoms with van der Waals surface area (Å²) in [5, 5.41) is 23.5. The molecular formula is C17H29NNa2O5. The summed E-state index contributed by atoms with van der Waals surface area (Å²) in [6, 6.07) is -1.26. The van der Waals surface area contributed by atoms with Crippen molar-refractivity contribution in [1.29, 1.82) is 0 Å². The fourth-order valence-corrected chi connectivity index (χ4v) is 2.37. The number of carboxylic acid groups (broad SMARTS) is 2. The van der Waals surface area contributed by atoms with E-state index in [0.717, 1.165) is 12.8 Å². The smallest absolute Gasteiger partial charge is 0.550 e. The molecule has 0 radical (unpaired) electrons. The Labute approximate surface area is 195 Å². The molecule has 25 heavy (non-hydrogen) atoms.